The Balaban J connectivity index is 1.95. The first-order valence-corrected chi connectivity index (χ1v) is 7.23. The minimum atomic E-state index is -0.180. The summed E-state index contributed by atoms with van der Waals surface area (Å²) in [6, 6.07) is 7.29. The van der Waals surface area contributed by atoms with E-state index in [9.17, 15) is 4.39 Å². The van der Waals surface area contributed by atoms with Crippen LogP contribution >= 0.6 is 0 Å². The summed E-state index contributed by atoms with van der Waals surface area (Å²) >= 11 is 0. The Kier molecular flexibility index (Phi) is 4.94. The lowest BCUT2D eigenvalue weighted by atomic mass is 9.86. The number of nitrogens with one attached hydrogen (secondary N) is 1. The Labute approximate surface area is 115 Å². The summed E-state index contributed by atoms with van der Waals surface area (Å²) in [6.07, 6.45) is 4.10. The van der Waals surface area contributed by atoms with E-state index in [1.165, 1.54) is 12.1 Å². The Morgan fingerprint density at radius 1 is 1.37 bits per heavy atom. The highest BCUT2D eigenvalue weighted by Gasteiger charge is 2.33. The summed E-state index contributed by atoms with van der Waals surface area (Å²) in [5, 5.41) is 3.58. The average Bonchev–Trinajstić information content (AvgIpc) is 2.39. The lowest BCUT2D eigenvalue weighted by molar-refractivity contribution is -0.0752. The summed E-state index contributed by atoms with van der Waals surface area (Å²) < 4.78 is 18.9. The van der Waals surface area contributed by atoms with Crippen LogP contribution in [0.4, 0.5) is 4.39 Å². The van der Waals surface area contributed by atoms with Crippen molar-refractivity contribution in [1.82, 2.24) is 5.32 Å². The van der Waals surface area contributed by atoms with Crippen LogP contribution < -0.4 is 5.32 Å². The first-order valence-electron chi connectivity index (χ1n) is 7.23. The summed E-state index contributed by atoms with van der Waals surface area (Å²) in [5.41, 5.74) is 1.00. The predicted molar refractivity (Wildman–Crippen MR) is 75.8 cm³/mol. The molecule has 1 aliphatic heterocycles. The molecule has 2 unspecified atom stereocenters. The van der Waals surface area contributed by atoms with Gasteiger partial charge in [-0.2, -0.15) is 0 Å². The van der Waals surface area contributed by atoms with Crippen molar-refractivity contribution in [2.75, 3.05) is 13.2 Å². The van der Waals surface area contributed by atoms with E-state index >= 15 is 0 Å². The molecule has 0 aliphatic carbocycles. The van der Waals surface area contributed by atoms with Gasteiger partial charge in [0.05, 0.1) is 5.60 Å². The largest absolute Gasteiger partial charge is 0.375 e. The molecule has 1 heterocycles. The second-order valence-electron chi connectivity index (χ2n) is 5.75. The van der Waals surface area contributed by atoms with E-state index in [1.54, 1.807) is 0 Å². The molecule has 2 atom stereocenters. The van der Waals surface area contributed by atoms with Crippen molar-refractivity contribution in [3.63, 3.8) is 0 Å². The minimum Gasteiger partial charge on any atom is -0.375 e. The molecule has 0 saturated carbocycles. The first kappa shape index (κ1) is 14.5. The molecule has 1 saturated heterocycles. The van der Waals surface area contributed by atoms with Crippen molar-refractivity contribution in [1.29, 1.82) is 0 Å². The Bertz CT molecular complexity index is 392. The van der Waals surface area contributed by atoms with E-state index in [0.717, 1.165) is 44.4 Å². The van der Waals surface area contributed by atoms with Crippen molar-refractivity contribution < 1.29 is 9.13 Å². The van der Waals surface area contributed by atoms with Crippen LogP contribution in [0.25, 0.3) is 0 Å². The predicted octanol–water partition coefficient (Wildman–Crippen LogP) is 3.31. The average molecular weight is 265 g/mol. The molecule has 1 aliphatic rings. The van der Waals surface area contributed by atoms with E-state index in [1.807, 2.05) is 12.1 Å². The van der Waals surface area contributed by atoms with Crippen LogP contribution in [0.15, 0.2) is 24.3 Å². The van der Waals surface area contributed by atoms with Gasteiger partial charge in [0.2, 0.25) is 0 Å². The molecule has 0 radical (unpaired) electrons. The normalized spacial score (nSPS) is 27.4. The van der Waals surface area contributed by atoms with Gasteiger partial charge in [0.15, 0.2) is 0 Å². The Morgan fingerprint density at radius 3 is 2.79 bits per heavy atom. The van der Waals surface area contributed by atoms with Gasteiger partial charge in [-0.05, 0) is 50.4 Å². The lowest BCUT2D eigenvalue weighted by Gasteiger charge is -2.39. The maximum Gasteiger partial charge on any atom is 0.123 e. The first-order chi connectivity index (χ1) is 9.11. The van der Waals surface area contributed by atoms with Crippen molar-refractivity contribution in [2.45, 2.75) is 51.2 Å². The van der Waals surface area contributed by atoms with Crippen molar-refractivity contribution in [2.24, 2.45) is 0 Å². The van der Waals surface area contributed by atoms with Crippen LogP contribution in [0.1, 0.15) is 38.7 Å². The van der Waals surface area contributed by atoms with Gasteiger partial charge in [0.1, 0.15) is 5.82 Å². The number of rotatable bonds is 5. The molecule has 2 nitrogen and oxygen atoms in total. The lowest BCUT2D eigenvalue weighted by Crippen LogP contribution is -2.46. The van der Waals surface area contributed by atoms with Crippen molar-refractivity contribution >= 4 is 0 Å². The van der Waals surface area contributed by atoms with Crippen LogP contribution in [0.2, 0.25) is 0 Å². The number of ether oxygens (including phenoxy) is 1. The van der Waals surface area contributed by atoms with Gasteiger partial charge in [-0.1, -0.05) is 19.1 Å². The van der Waals surface area contributed by atoms with Gasteiger partial charge in [0, 0.05) is 19.1 Å². The molecule has 1 aromatic rings. The zero-order valence-electron chi connectivity index (χ0n) is 11.9. The molecule has 3 heteroatoms. The third-order valence-electron chi connectivity index (χ3n) is 3.77. The molecular formula is C16H24FNO. The van der Waals surface area contributed by atoms with Crippen LogP contribution in [-0.2, 0) is 11.2 Å². The highest BCUT2D eigenvalue weighted by Crippen LogP contribution is 2.28. The summed E-state index contributed by atoms with van der Waals surface area (Å²) in [7, 11) is 0. The molecule has 1 aromatic carbocycles. The fourth-order valence-corrected chi connectivity index (χ4v) is 2.81. The zero-order chi connectivity index (χ0) is 13.7. The quantitative estimate of drug-likeness (QED) is 0.882. The fourth-order valence-electron chi connectivity index (χ4n) is 2.81. The van der Waals surface area contributed by atoms with Gasteiger partial charge in [-0.15, -0.1) is 0 Å². The summed E-state index contributed by atoms with van der Waals surface area (Å²) in [6.45, 7) is 6.22. The third kappa shape index (κ3) is 4.29. The maximum atomic E-state index is 12.9. The molecule has 0 aromatic heterocycles. The summed E-state index contributed by atoms with van der Waals surface area (Å²) in [5.74, 6) is -0.180. The van der Waals surface area contributed by atoms with Gasteiger partial charge in [-0.25, -0.2) is 4.39 Å². The van der Waals surface area contributed by atoms with Gasteiger partial charge in [-0.3, -0.25) is 0 Å². The minimum absolute atomic E-state index is 0.137. The van der Waals surface area contributed by atoms with E-state index in [0.29, 0.717) is 6.04 Å². The van der Waals surface area contributed by atoms with E-state index < -0.39 is 0 Å². The number of hydrogen-bond acceptors (Lipinski definition) is 2. The van der Waals surface area contributed by atoms with Crippen molar-refractivity contribution in [3.05, 3.63) is 35.6 Å². The van der Waals surface area contributed by atoms with E-state index in [2.05, 4.69) is 19.2 Å². The molecule has 1 fully saturated rings. The van der Waals surface area contributed by atoms with Crippen LogP contribution in [0, 0.1) is 5.82 Å². The number of hydrogen-bond donors (Lipinski definition) is 1. The molecular weight excluding hydrogens is 241 g/mol. The molecule has 0 amide bonds. The van der Waals surface area contributed by atoms with Crippen molar-refractivity contribution in [3.8, 4) is 0 Å². The number of benzene rings is 1. The molecule has 2 rings (SSSR count). The maximum absolute atomic E-state index is 12.9. The molecule has 19 heavy (non-hydrogen) atoms. The van der Waals surface area contributed by atoms with Gasteiger partial charge < -0.3 is 10.1 Å². The van der Waals surface area contributed by atoms with E-state index in [4.69, 9.17) is 4.74 Å². The number of halogens is 1. The van der Waals surface area contributed by atoms with Crippen LogP contribution in [0.5, 0.6) is 0 Å². The van der Waals surface area contributed by atoms with E-state index in [-0.39, 0.29) is 11.4 Å². The Hall–Kier alpha value is -0.930. The molecule has 1 N–H and O–H groups in total. The molecule has 0 bridgehead atoms. The smallest absolute Gasteiger partial charge is 0.123 e. The van der Waals surface area contributed by atoms with Gasteiger partial charge >= 0.3 is 0 Å². The third-order valence-corrected chi connectivity index (χ3v) is 3.77. The second-order valence-corrected chi connectivity index (χ2v) is 5.75. The van der Waals surface area contributed by atoms with Gasteiger partial charge in [0.25, 0.3) is 0 Å². The molecule has 0 spiro atoms. The fraction of sp³-hybridized carbons (Fsp3) is 0.625. The monoisotopic (exact) mass is 265 g/mol. The SMILES string of the molecule is CCCNC1CCOC(C)(Cc2ccc(F)cc2)C1. The summed E-state index contributed by atoms with van der Waals surface area (Å²) in [4.78, 5) is 0. The zero-order valence-corrected chi connectivity index (χ0v) is 11.9. The standard InChI is InChI=1S/C16H24FNO/c1-3-9-18-15-8-10-19-16(2,12-15)11-13-4-6-14(17)7-5-13/h4-7,15,18H,3,8-12H2,1-2H3. The second kappa shape index (κ2) is 6.49. The Morgan fingerprint density at radius 2 is 2.11 bits per heavy atom. The molecule has 106 valence electrons. The van der Waals surface area contributed by atoms with Crippen LogP contribution in [-0.4, -0.2) is 24.8 Å². The van der Waals surface area contributed by atoms with Crippen LogP contribution in [0.3, 0.4) is 0 Å². The highest BCUT2D eigenvalue weighted by molar-refractivity contribution is 5.18. The highest BCUT2D eigenvalue weighted by atomic mass is 19.1. The topological polar surface area (TPSA) is 21.3 Å².